The van der Waals surface area contributed by atoms with Crippen LogP contribution in [0.5, 0.6) is 0 Å². The first-order valence-corrected chi connectivity index (χ1v) is 12.8. The number of urea groups is 1. The van der Waals surface area contributed by atoms with Gasteiger partial charge in [0, 0.05) is 31.9 Å². The number of para-hydroxylation sites is 2. The van der Waals surface area contributed by atoms with Crippen LogP contribution in [-0.4, -0.2) is 82.5 Å². The molecular formula is C27H27F3N6O4. The van der Waals surface area contributed by atoms with Gasteiger partial charge in [0.25, 0.3) is 5.91 Å². The van der Waals surface area contributed by atoms with Crippen LogP contribution >= 0.6 is 0 Å². The van der Waals surface area contributed by atoms with Gasteiger partial charge in [-0.2, -0.15) is 13.2 Å². The Morgan fingerprint density at radius 1 is 1.02 bits per heavy atom. The highest BCUT2D eigenvalue weighted by molar-refractivity contribution is 5.98. The molecule has 0 bridgehead atoms. The summed E-state index contributed by atoms with van der Waals surface area (Å²) in [6.07, 6.45) is -1.56. The van der Waals surface area contributed by atoms with E-state index in [1.165, 1.54) is 16.0 Å². The van der Waals surface area contributed by atoms with Crippen LogP contribution < -0.4 is 10.6 Å². The van der Waals surface area contributed by atoms with E-state index in [0.29, 0.717) is 17.6 Å². The molecule has 210 valence electrons. The van der Waals surface area contributed by atoms with Crippen molar-refractivity contribution in [1.82, 2.24) is 25.1 Å². The lowest BCUT2D eigenvalue weighted by Gasteiger charge is -2.40. The van der Waals surface area contributed by atoms with Crippen molar-refractivity contribution in [3.63, 3.8) is 0 Å². The number of amides is 4. The van der Waals surface area contributed by atoms with Gasteiger partial charge in [-0.3, -0.25) is 14.6 Å². The van der Waals surface area contributed by atoms with Gasteiger partial charge in [0.1, 0.15) is 11.7 Å². The molecule has 4 amide bonds. The zero-order chi connectivity index (χ0) is 28.3. The van der Waals surface area contributed by atoms with E-state index in [-0.39, 0.29) is 43.7 Å². The Morgan fingerprint density at radius 2 is 1.77 bits per heavy atom. The first kappa shape index (κ1) is 27.3. The second-order valence-electron chi connectivity index (χ2n) is 9.59. The zero-order valence-electron chi connectivity index (χ0n) is 21.4. The highest BCUT2D eigenvalue weighted by atomic mass is 19.4. The van der Waals surface area contributed by atoms with Crippen LogP contribution in [-0.2, 0) is 15.7 Å². The molecule has 0 aliphatic carbocycles. The molecule has 0 spiro atoms. The monoisotopic (exact) mass is 556 g/mol. The van der Waals surface area contributed by atoms with Gasteiger partial charge in [-0.05, 0) is 49.2 Å². The van der Waals surface area contributed by atoms with Crippen molar-refractivity contribution in [3.8, 4) is 0 Å². The lowest BCUT2D eigenvalue weighted by atomic mass is 10.1. The van der Waals surface area contributed by atoms with E-state index in [1.54, 1.807) is 18.2 Å². The normalized spacial score (nSPS) is 19.5. The van der Waals surface area contributed by atoms with Crippen molar-refractivity contribution in [2.45, 2.75) is 31.2 Å². The number of hydrogen-bond acceptors (Lipinski definition) is 6. The lowest BCUT2D eigenvalue weighted by molar-refractivity contribution is -0.137. The first-order chi connectivity index (χ1) is 19.2. The van der Waals surface area contributed by atoms with Crippen LogP contribution in [0.15, 0.2) is 54.7 Å². The van der Waals surface area contributed by atoms with Crippen molar-refractivity contribution in [3.05, 3.63) is 66.0 Å². The second kappa shape index (κ2) is 11.5. The van der Waals surface area contributed by atoms with Crippen molar-refractivity contribution in [1.29, 1.82) is 0 Å². The van der Waals surface area contributed by atoms with Gasteiger partial charge in [0.05, 0.1) is 35.4 Å². The maximum atomic E-state index is 13.5. The molecule has 13 heteroatoms. The highest BCUT2D eigenvalue weighted by Gasteiger charge is 2.38. The smallest absolute Gasteiger partial charge is 0.376 e. The molecule has 2 aliphatic heterocycles. The molecule has 2 fully saturated rings. The van der Waals surface area contributed by atoms with E-state index in [2.05, 4.69) is 20.6 Å². The standard InChI is InChI=1S/C27H27F3N6O4/c28-27(29,30)17-7-9-18(10-8-17)33-26(39)35-11-12-36(23(16-35)24(37)32-14-19-4-3-13-40-19)25(38)22-15-31-20-5-1-2-6-21(20)34-22/h1-2,5-10,15,19,23H,3-4,11-14,16H2,(H,32,37)(H,33,39). The Balaban J connectivity index is 1.32. The van der Waals surface area contributed by atoms with Crippen molar-refractivity contribution in [2.24, 2.45) is 0 Å². The van der Waals surface area contributed by atoms with Gasteiger partial charge < -0.3 is 25.2 Å². The topological polar surface area (TPSA) is 117 Å². The third-order valence-corrected chi connectivity index (χ3v) is 6.89. The third kappa shape index (κ3) is 6.14. The van der Waals surface area contributed by atoms with Crippen LogP contribution in [0, 0.1) is 0 Å². The minimum Gasteiger partial charge on any atom is -0.376 e. The molecule has 10 nitrogen and oxygen atoms in total. The van der Waals surface area contributed by atoms with E-state index in [1.807, 2.05) is 6.07 Å². The van der Waals surface area contributed by atoms with Gasteiger partial charge in [-0.1, -0.05) is 12.1 Å². The number of rotatable bonds is 5. The number of carbonyl (C=O) groups excluding carboxylic acids is 3. The number of alkyl halides is 3. The average molecular weight is 557 g/mol. The molecule has 40 heavy (non-hydrogen) atoms. The first-order valence-electron chi connectivity index (χ1n) is 12.8. The van der Waals surface area contributed by atoms with Gasteiger partial charge >= 0.3 is 12.2 Å². The minimum atomic E-state index is -4.50. The van der Waals surface area contributed by atoms with E-state index in [4.69, 9.17) is 4.74 Å². The molecule has 2 N–H and O–H groups in total. The molecule has 0 saturated carbocycles. The summed E-state index contributed by atoms with van der Waals surface area (Å²) in [4.78, 5) is 51.2. The number of anilines is 1. The molecule has 2 aromatic carbocycles. The van der Waals surface area contributed by atoms with Crippen molar-refractivity contribution in [2.75, 3.05) is 38.1 Å². The van der Waals surface area contributed by atoms with E-state index >= 15 is 0 Å². The summed E-state index contributed by atoms with van der Waals surface area (Å²) >= 11 is 0. The lowest BCUT2D eigenvalue weighted by Crippen LogP contribution is -2.62. The molecule has 5 rings (SSSR count). The summed E-state index contributed by atoms with van der Waals surface area (Å²) in [5, 5.41) is 5.40. The van der Waals surface area contributed by atoms with E-state index < -0.39 is 35.6 Å². The summed E-state index contributed by atoms with van der Waals surface area (Å²) in [5.74, 6) is -0.956. The number of nitrogens with zero attached hydrogens (tertiary/aromatic N) is 4. The van der Waals surface area contributed by atoms with E-state index in [9.17, 15) is 27.6 Å². The largest absolute Gasteiger partial charge is 0.416 e. The number of benzene rings is 2. The average Bonchev–Trinajstić information content (AvgIpc) is 3.48. The summed E-state index contributed by atoms with van der Waals surface area (Å²) in [7, 11) is 0. The van der Waals surface area contributed by atoms with Crippen LogP contribution in [0.4, 0.5) is 23.7 Å². The minimum absolute atomic E-state index is 0.0335. The summed E-state index contributed by atoms with van der Waals surface area (Å²) in [6.45, 7) is 0.884. The molecule has 2 atom stereocenters. The maximum Gasteiger partial charge on any atom is 0.416 e. The number of hydrogen-bond donors (Lipinski definition) is 2. The number of ether oxygens (including phenoxy) is 1. The number of aromatic nitrogens is 2. The molecule has 2 aliphatic rings. The molecule has 3 aromatic rings. The van der Waals surface area contributed by atoms with Gasteiger partial charge in [0.2, 0.25) is 5.91 Å². The Labute approximate surface area is 227 Å². The van der Waals surface area contributed by atoms with Gasteiger partial charge in [-0.15, -0.1) is 0 Å². The van der Waals surface area contributed by atoms with Crippen LogP contribution in [0.1, 0.15) is 28.9 Å². The number of carbonyl (C=O) groups is 3. The molecule has 2 unspecified atom stereocenters. The number of piperazine rings is 1. The van der Waals surface area contributed by atoms with Crippen molar-refractivity contribution >= 4 is 34.6 Å². The van der Waals surface area contributed by atoms with Gasteiger partial charge in [-0.25, -0.2) is 9.78 Å². The predicted molar refractivity (Wildman–Crippen MR) is 138 cm³/mol. The molecule has 1 aromatic heterocycles. The Morgan fingerprint density at radius 3 is 2.48 bits per heavy atom. The summed E-state index contributed by atoms with van der Waals surface area (Å²) in [6, 6.07) is 9.51. The summed E-state index contributed by atoms with van der Waals surface area (Å²) < 4.78 is 44.2. The SMILES string of the molecule is O=C(NCC1CCCO1)C1CN(C(=O)Nc2ccc(C(F)(F)F)cc2)CCN1C(=O)c1cnc2ccccc2n1. The fourth-order valence-electron chi connectivity index (χ4n) is 4.72. The summed E-state index contributed by atoms with van der Waals surface area (Å²) in [5.41, 5.74) is 0.551. The fourth-order valence-corrected chi connectivity index (χ4v) is 4.72. The zero-order valence-corrected chi connectivity index (χ0v) is 21.4. The van der Waals surface area contributed by atoms with Crippen LogP contribution in [0.2, 0.25) is 0 Å². The Kier molecular flexibility index (Phi) is 7.83. The van der Waals surface area contributed by atoms with Gasteiger partial charge in [0.15, 0.2) is 0 Å². The third-order valence-electron chi connectivity index (χ3n) is 6.89. The molecular weight excluding hydrogens is 529 g/mol. The number of nitrogens with one attached hydrogen (secondary N) is 2. The molecule has 2 saturated heterocycles. The highest BCUT2D eigenvalue weighted by Crippen LogP contribution is 2.30. The second-order valence-corrected chi connectivity index (χ2v) is 9.59. The predicted octanol–water partition coefficient (Wildman–Crippen LogP) is 3.30. The quantitative estimate of drug-likeness (QED) is 0.498. The fraction of sp³-hybridized carbons (Fsp3) is 0.370. The van der Waals surface area contributed by atoms with Crippen LogP contribution in [0.25, 0.3) is 11.0 Å². The number of fused-ring (bicyclic) bond motifs is 1. The maximum absolute atomic E-state index is 13.5. The van der Waals surface area contributed by atoms with Crippen LogP contribution in [0.3, 0.4) is 0 Å². The number of halogens is 3. The Bertz CT molecular complexity index is 1400. The van der Waals surface area contributed by atoms with Crippen molar-refractivity contribution < 1.29 is 32.3 Å². The Hall–Kier alpha value is -4.26. The van der Waals surface area contributed by atoms with E-state index in [0.717, 1.165) is 37.1 Å². The molecule has 0 radical (unpaired) electrons. The molecule has 3 heterocycles.